The van der Waals surface area contributed by atoms with Crippen LogP contribution in [0.1, 0.15) is 4.88 Å². The third kappa shape index (κ3) is 2.27. The number of nitrogens with zero attached hydrogens (tertiary/aromatic N) is 1. The molecule has 0 saturated carbocycles. The predicted molar refractivity (Wildman–Crippen MR) is 62.5 cm³/mol. The van der Waals surface area contributed by atoms with E-state index in [-0.39, 0.29) is 0 Å². The van der Waals surface area contributed by atoms with Crippen LogP contribution >= 0.6 is 23.1 Å². The molecule has 0 amide bonds. The first-order valence-corrected chi connectivity index (χ1v) is 6.08. The largest absolute Gasteiger partial charge is 0.397 e. The van der Waals surface area contributed by atoms with Crippen LogP contribution in [0, 0.1) is 0 Å². The van der Waals surface area contributed by atoms with Gasteiger partial charge in [0.05, 0.1) is 5.69 Å². The minimum atomic E-state index is 0.758. The molecular weight excluding hydrogens is 212 g/mol. The van der Waals surface area contributed by atoms with Gasteiger partial charge in [-0.15, -0.1) is 11.3 Å². The molecule has 14 heavy (non-hydrogen) atoms. The van der Waals surface area contributed by atoms with Gasteiger partial charge in [0, 0.05) is 16.8 Å². The van der Waals surface area contributed by atoms with E-state index >= 15 is 0 Å². The van der Waals surface area contributed by atoms with Gasteiger partial charge < -0.3 is 5.73 Å². The van der Waals surface area contributed by atoms with Crippen LogP contribution in [0.25, 0.3) is 0 Å². The number of nitrogens with two attached hydrogens (primary N) is 1. The number of nitrogen functional groups attached to an aromatic ring is 1. The molecule has 0 aromatic carbocycles. The Balaban J connectivity index is 2.02. The number of rotatable bonds is 3. The molecule has 4 heteroatoms. The first-order valence-electron chi connectivity index (χ1n) is 4.22. The zero-order chi connectivity index (χ0) is 9.80. The van der Waals surface area contributed by atoms with Gasteiger partial charge in [-0.2, -0.15) is 0 Å². The molecule has 2 aromatic heterocycles. The van der Waals surface area contributed by atoms with Crippen molar-refractivity contribution in [2.75, 3.05) is 5.73 Å². The summed E-state index contributed by atoms with van der Waals surface area (Å²) in [6.45, 7) is 0. The third-order valence-corrected chi connectivity index (χ3v) is 3.86. The molecule has 2 aromatic rings. The molecule has 0 spiro atoms. The van der Waals surface area contributed by atoms with Gasteiger partial charge in [0.25, 0.3) is 0 Å². The highest BCUT2D eigenvalue weighted by Crippen LogP contribution is 2.26. The molecule has 0 saturated heterocycles. The highest BCUT2D eigenvalue weighted by atomic mass is 32.2. The Labute approximate surface area is 91.2 Å². The van der Waals surface area contributed by atoms with Crippen molar-refractivity contribution in [3.05, 3.63) is 40.7 Å². The monoisotopic (exact) mass is 222 g/mol. The van der Waals surface area contributed by atoms with E-state index in [0.29, 0.717) is 0 Å². The van der Waals surface area contributed by atoms with Crippen molar-refractivity contribution in [3.8, 4) is 0 Å². The molecule has 2 N–H and O–H groups in total. The van der Waals surface area contributed by atoms with E-state index in [2.05, 4.69) is 22.5 Å². The molecule has 0 atom stereocenters. The molecular formula is C10H10N2S2. The summed E-state index contributed by atoms with van der Waals surface area (Å²) in [6, 6.07) is 7.91. The van der Waals surface area contributed by atoms with Crippen molar-refractivity contribution in [2.45, 2.75) is 10.8 Å². The van der Waals surface area contributed by atoms with Crippen molar-refractivity contribution in [3.63, 3.8) is 0 Å². The number of pyridine rings is 1. The van der Waals surface area contributed by atoms with E-state index in [1.165, 1.54) is 4.88 Å². The fourth-order valence-corrected chi connectivity index (χ4v) is 2.74. The van der Waals surface area contributed by atoms with Crippen LogP contribution in [0.4, 0.5) is 5.69 Å². The zero-order valence-corrected chi connectivity index (χ0v) is 9.15. The van der Waals surface area contributed by atoms with E-state index in [4.69, 9.17) is 5.73 Å². The summed E-state index contributed by atoms with van der Waals surface area (Å²) >= 11 is 3.44. The van der Waals surface area contributed by atoms with E-state index in [1.54, 1.807) is 29.3 Å². The lowest BCUT2D eigenvalue weighted by Gasteiger charge is -2.01. The highest BCUT2D eigenvalue weighted by molar-refractivity contribution is 7.98. The van der Waals surface area contributed by atoms with Crippen molar-refractivity contribution < 1.29 is 0 Å². The highest BCUT2D eigenvalue weighted by Gasteiger charge is 2.01. The first-order chi connectivity index (χ1) is 6.86. The van der Waals surface area contributed by atoms with Crippen LogP contribution in [-0.2, 0) is 5.75 Å². The maximum Gasteiger partial charge on any atom is 0.119 e. The molecule has 0 fully saturated rings. The number of anilines is 1. The molecule has 0 bridgehead atoms. The van der Waals surface area contributed by atoms with E-state index in [9.17, 15) is 0 Å². The zero-order valence-electron chi connectivity index (χ0n) is 7.51. The van der Waals surface area contributed by atoms with Crippen LogP contribution in [0.3, 0.4) is 0 Å². The summed E-state index contributed by atoms with van der Waals surface area (Å²) in [5.74, 6) is 0.943. The topological polar surface area (TPSA) is 38.9 Å². The van der Waals surface area contributed by atoms with E-state index in [0.717, 1.165) is 16.5 Å². The SMILES string of the molecule is Nc1cccnc1SCc1cccs1. The molecule has 0 aliphatic heterocycles. The van der Waals surface area contributed by atoms with E-state index < -0.39 is 0 Å². The maximum absolute atomic E-state index is 5.78. The molecule has 0 unspecified atom stereocenters. The second kappa shape index (κ2) is 4.48. The normalized spacial score (nSPS) is 10.3. The summed E-state index contributed by atoms with van der Waals surface area (Å²) < 4.78 is 0. The Bertz CT molecular complexity index is 398. The molecule has 72 valence electrons. The van der Waals surface area contributed by atoms with Gasteiger partial charge in [-0.25, -0.2) is 4.98 Å². The number of hydrogen-bond acceptors (Lipinski definition) is 4. The van der Waals surface area contributed by atoms with Gasteiger partial charge in [0.15, 0.2) is 0 Å². The van der Waals surface area contributed by atoms with E-state index in [1.807, 2.05) is 12.1 Å². The molecule has 0 aliphatic rings. The Morgan fingerprint density at radius 3 is 3.00 bits per heavy atom. The van der Waals surface area contributed by atoms with Crippen LogP contribution in [-0.4, -0.2) is 4.98 Å². The average Bonchev–Trinajstić information content (AvgIpc) is 2.69. The fraction of sp³-hybridized carbons (Fsp3) is 0.100. The average molecular weight is 222 g/mol. The second-order valence-corrected chi connectivity index (χ2v) is 4.76. The predicted octanol–water partition coefficient (Wildman–Crippen LogP) is 3.02. The van der Waals surface area contributed by atoms with Gasteiger partial charge in [0.2, 0.25) is 0 Å². The maximum atomic E-state index is 5.78. The Morgan fingerprint density at radius 1 is 1.36 bits per heavy atom. The second-order valence-electron chi connectivity index (χ2n) is 2.77. The Kier molecular flexibility index (Phi) is 3.06. The minimum Gasteiger partial charge on any atom is -0.397 e. The lowest BCUT2D eigenvalue weighted by Crippen LogP contribution is -1.90. The van der Waals surface area contributed by atoms with Gasteiger partial charge in [0.1, 0.15) is 5.03 Å². The summed E-state index contributed by atoms with van der Waals surface area (Å²) in [7, 11) is 0. The van der Waals surface area contributed by atoms with Crippen molar-refractivity contribution in [1.29, 1.82) is 0 Å². The van der Waals surface area contributed by atoms with Gasteiger partial charge in [-0.1, -0.05) is 17.8 Å². The van der Waals surface area contributed by atoms with Crippen molar-refractivity contribution >= 4 is 28.8 Å². The molecule has 2 nitrogen and oxygen atoms in total. The van der Waals surface area contributed by atoms with Crippen LogP contribution < -0.4 is 5.73 Å². The quantitative estimate of drug-likeness (QED) is 0.811. The summed E-state index contributed by atoms with van der Waals surface area (Å²) in [5, 5.41) is 3.00. The number of hydrogen-bond donors (Lipinski definition) is 1. The van der Waals surface area contributed by atoms with Gasteiger partial charge in [-0.05, 0) is 23.6 Å². The van der Waals surface area contributed by atoms with Crippen LogP contribution in [0.15, 0.2) is 40.9 Å². The fourth-order valence-electron chi connectivity index (χ4n) is 1.06. The standard InChI is InChI=1S/C10H10N2S2/c11-9-4-1-5-12-10(9)14-7-8-3-2-6-13-8/h1-6H,7,11H2. The van der Waals surface area contributed by atoms with Crippen molar-refractivity contribution in [2.24, 2.45) is 0 Å². The minimum absolute atomic E-state index is 0.758. The molecule has 0 radical (unpaired) electrons. The lowest BCUT2D eigenvalue weighted by molar-refractivity contribution is 1.14. The van der Waals surface area contributed by atoms with Gasteiger partial charge in [-0.3, -0.25) is 0 Å². The number of thiophene rings is 1. The molecule has 2 heterocycles. The molecule has 2 rings (SSSR count). The third-order valence-electron chi connectivity index (χ3n) is 1.73. The summed E-state index contributed by atoms with van der Waals surface area (Å²) in [5.41, 5.74) is 6.54. The number of thioether (sulfide) groups is 1. The lowest BCUT2D eigenvalue weighted by atomic mass is 10.4. The van der Waals surface area contributed by atoms with Gasteiger partial charge >= 0.3 is 0 Å². The van der Waals surface area contributed by atoms with Crippen molar-refractivity contribution in [1.82, 2.24) is 4.98 Å². The van der Waals surface area contributed by atoms with Crippen LogP contribution in [0.5, 0.6) is 0 Å². The Morgan fingerprint density at radius 2 is 2.29 bits per heavy atom. The molecule has 0 aliphatic carbocycles. The summed E-state index contributed by atoms with van der Waals surface area (Å²) in [4.78, 5) is 5.57. The first kappa shape index (κ1) is 9.55. The van der Waals surface area contributed by atoms with Crippen LogP contribution in [0.2, 0.25) is 0 Å². The summed E-state index contributed by atoms with van der Waals surface area (Å²) in [6.07, 6.45) is 1.77. The Hall–Kier alpha value is -1.00. The number of aromatic nitrogens is 1. The smallest absolute Gasteiger partial charge is 0.119 e.